The number of carbonyl (C=O) groups is 2. The van der Waals surface area contributed by atoms with Crippen LogP contribution in [-0.2, 0) is 11.3 Å². The minimum Gasteiger partial charge on any atom is -0.345 e. The largest absolute Gasteiger partial charge is 0.345 e. The summed E-state index contributed by atoms with van der Waals surface area (Å²) < 4.78 is 27.1. The van der Waals surface area contributed by atoms with E-state index in [4.69, 9.17) is 0 Å². The van der Waals surface area contributed by atoms with Crippen molar-refractivity contribution in [1.82, 2.24) is 20.0 Å². The molecule has 3 aliphatic rings. The van der Waals surface area contributed by atoms with Crippen LogP contribution in [0.4, 0.5) is 8.78 Å². The third-order valence-electron chi connectivity index (χ3n) is 6.37. The van der Waals surface area contributed by atoms with Gasteiger partial charge in [0.25, 0.3) is 17.4 Å². The number of nitrogens with zero attached hydrogens (tertiary/aromatic N) is 3. The van der Waals surface area contributed by atoms with Crippen molar-refractivity contribution in [1.29, 1.82) is 0 Å². The fourth-order valence-corrected chi connectivity index (χ4v) is 4.98. The van der Waals surface area contributed by atoms with E-state index in [0.29, 0.717) is 32.2 Å². The molecule has 1 saturated carbocycles. The van der Waals surface area contributed by atoms with E-state index in [1.54, 1.807) is 0 Å². The molecular formula is C19H24F2N4O3. The zero-order chi connectivity index (χ0) is 20.1. The quantitative estimate of drug-likeness (QED) is 0.794. The molecule has 1 aliphatic carbocycles. The van der Waals surface area contributed by atoms with Crippen LogP contribution in [0.3, 0.4) is 0 Å². The second-order valence-corrected chi connectivity index (χ2v) is 8.10. The van der Waals surface area contributed by atoms with E-state index in [0.717, 1.165) is 12.8 Å². The third-order valence-corrected chi connectivity index (χ3v) is 6.37. The molecule has 1 aromatic rings. The summed E-state index contributed by atoms with van der Waals surface area (Å²) in [6, 6.07) is 2.27. The van der Waals surface area contributed by atoms with Gasteiger partial charge in [-0.15, -0.1) is 0 Å². The minimum absolute atomic E-state index is 0.00361. The van der Waals surface area contributed by atoms with Crippen LogP contribution < -0.4 is 10.9 Å². The maximum Gasteiger partial charge on any atom is 0.315 e. The number of alkyl halides is 2. The number of hydrogen-bond acceptors (Lipinski definition) is 4. The van der Waals surface area contributed by atoms with Crippen LogP contribution in [-0.4, -0.2) is 50.5 Å². The minimum atomic E-state index is -2.99. The van der Waals surface area contributed by atoms with Gasteiger partial charge in [0.1, 0.15) is 5.69 Å². The van der Waals surface area contributed by atoms with Gasteiger partial charge in [0.15, 0.2) is 0 Å². The van der Waals surface area contributed by atoms with Crippen LogP contribution in [0.1, 0.15) is 55.9 Å². The second-order valence-electron chi connectivity index (χ2n) is 8.10. The van der Waals surface area contributed by atoms with Crippen LogP contribution >= 0.6 is 0 Å². The summed E-state index contributed by atoms with van der Waals surface area (Å²) in [5.74, 6) is -1.45. The number of unbranched alkanes of at least 4 members (excludes halogenated alkanes) is 1. The summed E-state index contributed by atoms with van der Waals surface area (Å²) in [6.07, 6.45) is 1.28. The van der Waals surface area contributed by atoms with Gasteiger partial charge in [-0.3, -0.25) is 14.4 Å². The van der Waals surface area contributed by atoms with Crippen LogP contribution in [0.15, 0.2) is 16.9 Å². The molecule has 1 aromatic heterocycles. The van der Waals surface area contributed by atoms with E-state index in [-0.39, 0.29) is 35.2 Å². The number of rotatable bonds is 6. The van der Waals surface area contributed by atoms with Crippen molar-refractivity contribution in [2.75, 3.05) is 0 Å². The SMILES string of the molecule is CCCCn1nc(C(=O)N[C@@]23C[C@H]4CC[C@@H]([C@@H]2C3)N4C(=O)C(F)F)ccc1=O. The van der Waals surface area contributed by atoms with Crippen molar-refractivity contribution in [3.05, 3.63) is 28.2 Å². The fraction of sp³-hybridized carbons (Fsp3) is 0.684. The van der Waals surface area contributed by atoms with Gasteiger partial charge in [-0.1, -0.05) is 13.3 Å². The normalized spacial score (nSPS) is 30.3. The van der Waals surface area contributed by atoms with Crippen molar-refractivity contribution in [2.24, 2.45) is 5.92 Å². The van der Waals surface area contributed by atoms with Crippen LogP contribution in [0.5, 0.6) is 0 Å². The maximum absolute atomic E-state index is 12.9. The number of nitrogens with one attached hydrogen (secondary N) is 1. The molecule has 0 radical (unpaired) electrons. The Morgan fingerprint density at radius 3 is 2.82 bits per heavy atom. The van der Waals surface area contributed by atoms with E-state index in [9.17, 15) is 23.2 Å². The van der Waals surface area contributed by atoms with Gasteiger partial charge in [0.05, 0.1) is 0 Å². The first kappa shape index (κ1) is 19.0. The molecule has 4 atom stereocenters. The molecule has 0 spiro atoms. The summed E-state index contributed by atoms with van der Waals surface area (Å²) >= 11 is 0. The second kappa shape index (κ2) is 6.93. The first-order valence-electron chi connectivity index (χ1n) is 9.87. The number of fused-ring (bicyclic) bond motifs is 4. The molecule has 28 heavy (non-hydrogen) atoms. The lowest BCUT2D eigenvalue weighted by atomic mass is 9.96. The van der Waals surface area contributed by atoms with Gasteiger partial charge >= 0.3 is 6.43 Å². The summed E-state index contributed by atoms with van der Waals surface area (Å²) in [5, 5.41) is 7.21. The summed E-state index contributed by atoms with van der Waals surface area (Å²) in [5.41, 5.74) is -0.521. The highest BCUT2D eigenvalue weighted by Gasteiger charge is 2.67. The molecule has 3 fully saturated rings. The molecule has 0 unspecified atom stereocenters. The zero-order valence-electron chi connectivity index (χ0n) is 15.7. The van der Waals surface area contributed by atoms with E-state index in [2.05, 4.69) is 10.4 Å². The van der Waals surface area contributed by atoms with Gasteiger partial charge in [-0.2, -0.15) is 13.9 Å². The van der Waals surface area contributed by atoms with E-state index in [1.165, 1.54) is 21.7 Å². The lowest BCUT2D eigenvalue weighted by Gasteiger charge is -2.38. The van der Waals surface area contributed by atoms with E-state index in [1.807, 2.05) is 6.92 Å². The van der Waals surface area contributed by atoms with Crippen molar-refractivity contribution in [2.45, 2.75) is 76.0 Å². The van der Waals surface area contributed by atoms with Crippen LogP contribution in [0.25, 0.3) is 0 Å². The van der Waals surface area contributed by atoms with Gasteiger partial charge < -0.3 is 10.2 Å². The Morgan fingerprint density at radius 1 is 1.32 bits per heavy atom. The fourth-order valence-electron chi connectivity index (χ4n) is 4.98. The maximum atomic E-state index is 12.9. The molecule has 2 amide bonds. The molecule has 2 bridgehead atoms. The monoisotopic (exact) mass is 394 g/mol. The number of halogens is 2. The number of amides is 2. The summed E-state index contributed by atoms with van der Waals surface area (Å²) in [4.78, 5) is 37.9. The number of hydrogen-bond donors (Lipinski definition) is 1. The van der Waals surface area contributed by atoms with Crippen molar-refractivity contribution < 1.29 is 18.4 Å². The molecule has 4 rings (SSSR count). The van der Waals surface area contributed by atoms with Gasteiger partial charge in [-0.05, 0) is 38.2 Å². The van der Waals surface area contributed by atoms with Gasteiger partial charge in [0, 0.05) is 36.2 Å². The van der Waals surface area contributed by atoms with Crippen molar-refractivity contribution >= 4 is 11.8 Å². The average Bonchev–Trinajstić information content (AvgIpc) is 3.26. The molecule has 152 valence electrons. The van der Waals surface area contributed by atoms with E-state index < -0.39 is 17.9 Å². The highest BCUT2D eigenvalue weighted by atomic mass is 19.3. The average molecular weight is 394 g/mol. The predicted octanol–water partition coefficient (Wildman–Crippen LogP) is 1.56. The first-order chi connectivity index (χ1) is 13.4. The Hall–Kier alpha value is -2.32. The molecule has 3 heterocycles. The molecule has 2 saturated heterocycles. The topological polar surface area (TPSA) is 84.3 Å². The number of aromatic nitrogens is 2. The Kier molecular flexibility index (Phi) is 4.71. The van der Waals surface area contributed by atoms with Crippen LogP contribution in [0.2, 0.25) is 0 Å². The smallest absolute Gasteiger partial charge is 0.315 e. The Labute approximate surface area is 161 Å². The molecule has 2 aliphatic heterocycles. The van der Waals surface area contributed by atoms with Gasteiger partial charge in [-0.25, -0.2) is 4.68 Å². The van der Waals surface area contributed by atoms with E-state index >= 15 is 0 Å². The molecule has 0 aromatic carbocycles. The summed E-state index contributed by atoms with van der Waals surface area (Å²) in [7, 11) is 0. The molecular weight excluding hydrogens is 370 g/mol. The third kappa shape index (κ3) is 3.10. The lowest BCUT2D eigenvalue weighted by molar-refractivity contribution is -0.148. The molecule has 9 heteroatoms. The molecule has 7 nitrogen and oxygen atoms in total. The number of aryl methyl sites for hydroxylation is 1. The van der Waals surface area contributed by atoms with Crippen molar-refractivity contribution in [3.8, 4) is 0 Å². The predicted molar refractivity (Wildman–Crippen MR) is 96.0 cm³/mol. The van der Waals surface area contributed by atoms with Crippen LogP contribution in [0, 0.1) is 5.92 Å². The highest BCUT2D eigenvalue weighted by molar-refractivity contribution is 5.93. The molecule has 1 N–H and O–H groups in total. The highest BCUT2D eigenvalue weighted by Crippen LogP contribution is 2.59. The number of piperidine rings is 1. The first-order valence-corrected chi connectivity index (χ1v) is 9.87. The Balaban J connectivity index is 1.48. The summed E-state index contributed by atoms with van der Waals surface area (Å²) in [6.45, 7) is 2.46. The lowest BCUT2D eigenvalue weighted by Crippen LogP contribution is -2.55. The zero-order valence-corrected chi connectivity index (χ0v) is 15.7. The number of carbonyl (C=O) groups excluding carboxylic acids is 2. The van der Waals surface area contributed by atoms with Gasteiger partial charge in [0.2, 0.25) is 0 Å². The van der Waals surface area contributed by atoms with Crippen molar-refractivity contribution in [3.63, 3.8) is 0 Å². The Morgan fingerprint density at radius 2 is 2.11 bits per heavy atom. The Bertz CT molecular complexity index is 858. The standard InChI is InChI=1S/C19H24F2N4O3/c1-2-3-8-24-15(26)7-5-13(23-24)17(27)22-19-9-11-4-6-14(12(19)10-19)25(11)18(28)16(20)21/h5,7,11-12,14,16H,2-4,6,8-10H2,1H3,(H,22,27)/t11-,12+,14+,19-/m1/s1.